The predicted octanol–water partition coefficient (Wildman–Crippen LogP) is 5.13. The standard InChI is InChI=1S/C26H25F3N2O4S2/c1-3-13-30(37(33,34)21-6-4-5-19(16-21)26(27,28)29)17-24(32)31-14-11-23-22(12-15-36-23)25(31)18-7-9-20(35-2)10-8-18/h3-10,12,15-16,25H,1,11,13-14,17H2,2H3. The van der Waals surface area contributed by atoms with Gasteiger partial charge in [0.25, 0.3) is 0 Å². The molecular weight excluding hydrogens is 525 g/mol. The molecule has 0 fully saturated rings. The number of sulfonamides is 1. The number of methoxy groups -OCH3 is 1. The average Bonchev–Trinajstić information content (AvgIpc) is 3.36. The van der Waals surface area contributed by atoms with E-state index < -0.39 is 45.2 Å². The Kier molecular flexibility index (Phi) is 7.77. The molecule has 1 aromatic heterocycles. The minimum Gasteiger partial charge on any atom is -0.497 e. The zero-order valence-corrected chi connectivity index (χ0v) is 21.6. The van der Waals surface area contributed by atoms with Gasteiger partial charge in [0.2, 0.25) is 15.9 Å². The van der Waals surface area contributed by atoms with Crippen LogP contribution in [0.4, 0.5) is 13.2 Å². The summed E-state index contributed by atoms with van der Waals surface area (Å²) in [5.41, 5.74) is 0.717. The first-order valence-electron chi connectivity index (χ1n) is 11.3. The van der Waals surface area contributed by atoms with E-state index >= 15 is 0 Å². The van der Waals surface area contributed by atoms with Crippen LogP contribution in [-0.4, -0.2) is 50.3 Å². The molecule has 0 bridgehead atoms. The van der Waals surface area contributed by atoms with Gasteiger partial charge in [0.05, 0.1) is 30.2 Å². The number of nitrogens with zero attached hydrogens (tertiary/aromatic N) is 2. The Hall–Kier alpha value is -3.15. The lowest BCUT2D eigenvalue weighted by molar-refractivity contribution is -0.137. The molecule has 0 radical (unpaired) electrons. The normalized spacial score (nSPS) is 15.9. The van der Waals surface area contributed by atoms with Gasteiger partial charge in [0.1, 0.15) is 5.75 Å². The van der Waals surface area contributed by atoms with Crippen LogP contribution in [0.15, 0.2) is 77.5 Å². The van der Waals surface area contributed by atoms with Crippen LogP contribution in [0.2, 0.25) is 0 Å². The summed E-state index contributed by atoms with van der Waals surface area (Å²) in [5.74, 6) is 0.197. The smallest absolute Gasteiger partial charge is 0.416 e. The van der Waals surface area contributed by atoms with Crippen LogP contribution in [0, 0.1) is 0 Å². The van der Waals surface area contributed by atoms with Crippen molar-refractivity contribution in [3.63, 3.8) is 0 Å². The summed E-state index contributed by atoms with van der Waals surface area (Å²) in [6.45, 7) is 3.15. The van der Waals surface area contributed by atoms with Crippen molar-refractivity contribution in [1.29, 1.82) is 0 Å². The molecule has 196 valence electrons. The van der Waals surface area contributed by atoms with E-state index in [1.165, 1.54) is 6.08 Å². The Morgan fingerprint density at radius 2 is 1.95 bits per heavy atom. The van der Waals surface area contributed by atoms with Crippen LogP contribution in [0.5, 0.6) is 5.75 Å². The Morgan fingerprint density at radius 1 is 1.22 bits per heavy atom. The number of carbonyl (C=O) groups is 1. The molecule has 1 unspecified atom stereocenters. The molecule has 1 aliphatic rings. The highest BCUT2D eigenvalue weighted by Gasteiger charge is 2.36. The zero-order chi connectivity index (χ0) is 26.8. The molecule has 2 heterocycles. The van der Waals surface area contributed by atoms with Gasteiger partial charge in [0.15, 0.2) is 0 Å². The number of carbonyl (C=O) groups excluding carboxylic acids is 1. The third-order valence-corrected chi connectivity index (χ3v) is 8.97. The Bertz CT molecular complexity index is 1390. The number of alkyl halides is 3. The van der Waals surface area contributed by atoms with Gasteiger partial charge in [0, 0.05) is 18.0 Å². The lowest BCUT2D eigenvalue weighted by Crippen LogP contribution is -2.46. The van der Waals surface area contributed by atoms with Crippen molar-refractivity contribution in [2.24, 2.45) is 0 Å². The summed E-state index contributed by atoms with van der Waals surface area (Å²) in [6.07, 6.45) is -2.79. The van der Waals surface area contributed by atoms with Crippen LogP contribution in [-0.2, 0) is 27.4 Å². The first-order valence-corrected chi connectivity index (χ1v) is 13.7. The second-order valence-electron chi connectivity index (χ2n) is 8.42. The molecule has 2 aromatic carbocycles. The van der Waals surface area contributed by atoms with Crippen LogP contribution >= 0.6 is 11.3 Å². The van der Waals surface area contributed by atoms with Crippen molar-refractivity contribution >= 4 is 27.3 Å². The fourth-order valence-electron chi connectivity index (χ4n) is 4.35. The average molecular weight is 551 g/mol. The molecule has 0 saturated heterocycles. The van der Waals surface area contributed by atoms with E-state index in [1.54, 1.807) is 35.5 Å². The van der Waals surface area contributed by atoms with Crippen molar-refractivity contribution in [3.05, 3.63) is 94.2 Å². The molecule has 1 aliphatic heterocycles. The minimum absolute atomic E-state index is 0.241. The SMILES string of the molecule is C=CCN(CC(=O)N1CCc2sccc2C1c1ccc(OC)cc1)S(=O)(=O)c1cccc(C(F)(F)F)c1. The first kappa shape index (κ1) is 26.9. The monoisotopic (exact) mass is 550 g/mol. The molecule has 1 amide bonds. The maximum Gasteiger partial charge on any atom is 0.416 e. The summed E-state index contributed by atoms with van der Waals surface area (Å²) in [7, 11) is -2.86. The number of rotatable bonds is 8. The Morgan fingerprint density at radius 3 is 2.59 bits per heavy atom. The van der Waals surface area contributed by atoms with Gasteiger partial charge in [-0.2, -0.15) is 17.5 Å². The second-order valence-corrected chi connectivity index (χ2v) is 11.4. The molecule has 0 saturated carbocycles. The van der Waals surface area contributed by atoms with Crippen LogP contribution in [0.3, 0.4) is 0 Å². The summed E-state index contributed by atoms with van der Waals surface area (Å²) in [5, 5.41) is 1.96. The number of fused-ring (bicyclic) bond motifs is 1. The zero-order valence-electron chi connectivity index (χ0n) is 19.9. The second kappa shape index (κ2) is 10.7. The van der Waals surface area contributed by atoms with E-state index in [4.69, 9.17) is 4.74 Å². The lowest BCUT2D eigenvalue weighted by Gasteiger charge is -2.37. The van der Waals surface area contributed by atoms with E-state index in [0.29, 0.717) is 24.8 Å². The lowest BCUT2D eigenvalue weighted by atomic mass is 9.93. The number of hydrogen-bond acceptors (Lipinski definition) is 5. The number of thiophene rings is 1. The van der Waals surface area contributed by atoms with E-state index in [0.717, 1.165) is 38.5 Å². The third-order valence-electron chi connectivity index (χ3n) is 6.16. The predicted molar refractivity (Wildman–Crippen MR) is 135 cm³/mol. The van der Waals surface area contributed by atoms with Crippen molar-refractivity contribution in [1.82, 2.24) is 9.21 Å². The highest BCUT2D eigenvalue weighted by molar-refractivity contribution is 7.89. The number of amides is 1. The largest absolute Gasteiger partial charge is 0.497 e. The molecular formula is C26H25F3N2O4S2. The Labute approximate surface area is 217 Å². The third kappa shape index (κ3) is 5.58. The van der Waals surface area contributed by atoms with E-state index in [2.05, 4.69) is 6.58 Å². The van der Waals surface area contributed by atoms with Gasteiger partial charge in [-0.1, -0.05) is 24.3 Å². The van der Waals surface area contributed by atoms with Gasteiger partial charge in [-0.3, -0.25) is 4.79 Å². The number of ether oxygens (including phenoxy) is 1. The fourth-order valence-corrected chi connectivity index (χ4v) is 6.66. The highest BCUT2D eigenvalue weighted by atomic mass is 32.2. The maximum absolute atomic E-state index is 13.6. The van der Waals surface area contributed by atoms with Crippen molar-refractivity contribution < 1.29 is 31.1 Å². The number of hydrogen-bond donors (Lipinski definition) is 0. The van der Waals surface area contributed by atoms with Gasteiger partial charge >= 0.3 is 6.18 Å². The fraction of sp³-hybridized carbons (Fsp3) is 0.269. The van der Waals surface area contributed by atoms with Gasteiger partial charge in [-0.15, -0.1) is 17.9 Å². The summed E-state index contributed by atoms with van der Waals surface area (Å²) >= 11 is 1.60. The molecule has 1 atom stereocenters. The van der Waals surface area contributed by atoms with Gasteiger partial charge < -0.3 is 9.64 Å². The topological polar surface area (TPSA) is 66.9 Å². The Balaban J connectivity index is 1.66. The van der Waals surface area contributed by atoms with Gasteiger partial charge in [-0.25, -0.2) is 8.42 Å². The molecule has 37 heavy (non-hydrogen) atoms. The van der Waals surface area contributed by atoms with E-state index in [9.17, 15) is 26.4 Å². The van der Waals surface area contributed by atoms with Crippen molar-refractivity contribution in [2.45, 2.75) is 23.5 Å². The maximum atomic E-state index is 13.6. The summed E-state index contributed by atoms with van der Waals surface area (Å²) in [6, 6.07) is 12.3. The minimum atomic E-state index is -4.71. The number of benzene rings is 2. The van der Waals surface area contributed by atoms with E-state index in [-0.39, 0.29) is 6.54 Å². The van der Waals surface area contributed by atoms with Crippen molar-refractivity contribution in [2.75, 3.05) is 26.7 Å². The van der Waals surface area contributed by atoms with Gasteiger partial charge in [-0.05, 0) is 59.3 Å². The molecule has 0 aliphatic carbocycles. The highest BCUT2D eigenvalue weighted by Crippen LogP contribution is 2.38. The van der Waals surface area contributed by atoms with Crippen LogP contribution in [0.25, 0.3) is 0 Å². The molecule has 0 N–H and O–H groups in total. The number of halogens is 3. The molecule has 3 aromatic rings. The quantitative estimate of drug-likeness (QED) is 0.365. The first-order chi connectivity index (χ1) is 17.6. The van der Waals surface area contributed by atoms with Crippen LogP contribution < -0.4 is 4.74 Å². The van der Waals surface area contributed by atoms with Crippen LogP contribution in [0.1, 0.15) is 27.6 Å². The summed E-state index contributed by atoms with van der Waals surface area (Å²) in [4.78, 5) is 15.8. The molecule has 0 spiro atoms. The molecule has 6 nitrogen and oxygen atoms in total. The van der Waals surface area contributed by atoms with E-state index in [1.807, 2.05) is 23.6 Å². The summed E-state index contributed by atoms with van der Waals surface area (Å²) < 4.78 is 72.4. The van der Waals surface area contributed by atoms with Crippen molar-refractivity contribution in [3.8, 4) is 5.75 Å². The molecule has 11 heteroatoms. The molecule has 4 rings (SSSR count).